The zero-order chi connectivity index (χ0) is 22.9. The summed E-state index contributed by atoms with van der Waals surface area (Å²) in [5.41, 5.74) is 0.724. The fraction of sp³-hybridized carbons (Fsp3) is 0.174. The van der Waals surface area contributed by atoms with Crippen LogP contribution in [0.25, 0.3) is 4.96 Å². The summed E-state index contributed by atoms with van der Waals surface area (Å²) in [4.78, 5) is 42.0. The molecule has 10 heteroatoms. The van der Waals surface area contributed by atoms with Crippen molar-refractivity contribution in [3.8, 4) is 0 Å². The molecule has 0 bridgehead atoms. The van der Waals surface area contributed by atoms with Gasteiger partial charge in [-0.3, -0.25) is 9.59 Å². The molecule has 0 radical (unpaired) electrons. The van der Waals surface area contributed by atoms with Gasteiger partial charge in [-0.1, -0.05) is 23.5 Å². The Bertz CT molecular complexity index is 1440. The van der Waals surface area contributed by atoms with E-state index in [9.17, 15) is 18.8 Å². The molecule has 0 spiro atoms. The number of benzene rings is 2. The number of nitrogens with zero attached hydrogens (tertiary/aromatic N) is 3. The minimum Gasteiger partial charge on any atom is -0.456 e. The summed E-state index contributed by atoms with van der Waals surface area (Å²) in [7, 11) is 0. The molecule has 1 N–H and O–H groups in total. The van der Waals surface area contributed by atoms with Gasteiger partial charge in [-0.15, -0.1) is 0 Å². The van der Waals surface area contributed by atoms with Gasteiger partial charge in [0.05, 0.1) is 11.3 Å². The number of halogens is 1. The quantitative estimate of drug-likeness (QED) is 0.436. The van der Waals surface area contributed by atoms with Crippen molar-refractivity contribution in [1.82, 2.24) is 14.6 Å². The van der Waals surface area contributed by atoms with Gasteiger partial charge in [0.25, 0.3) is 11.5 Å². The third-order valence-corrected chi connectivity index (χ3v) is 6.11. The number of hydrogen-bond acceptors (Lipinski definition) is 7. The van der Waals surface area contributed by atoms with Crippen molar-refractivity contribution < 1.29 is 18.7 Å². The molecule has 0 aliphatic heterocycles. The Balaban J connectivity index is 1.26. The number of fused-ring (bicyclic) bond motifs is 1. The average Bonchev–Trinajstić information content (AvgIpc) is 3.56. The van der Waals surface area contributed by atoms with Crippen LogP contribution in [0.5, 0.6) is 0 Å². The van der Waals surface area contributed by atoms with Gasteiger partial charge >= 0.3 is 5.97 Å². The molecule has 4 aromatic rings. The van der Waals surface area contributed by atoms with Crippen molar-refractivity contribution in [3.63, 3.8) is 0 Å². The highest BCUT2D eigenvalue weighted by Gasteiger charge is 2.28. The lowest BCUT2D eigenvalue weighted by atomic mass is 10.1. The van der Waals surface area contributed by atoms with Crippen LogP contribution in [0.4, 0.5) is 10.1 Å². The lowest BCUT2D eigenvalue weighted by molar-refractivity contribution is 0.0467. The third-order valence-electron chi connectivity index (χ3n) is 5.03. The zero-order valence-electron chi connectivity index (χ0n) is 17.2. The lowest BCUT2D eigenvalue weighted by Crippen LogP contribution is -2.17. The van der Waals surface area contributed by atoms with Gasteiger partial charge in [-0.05, 0) is 49.2 Å². The molecule has 2 heterocycles. The topological polar surface area (TPSA) is 103 Å². The molecule has 1 saturated carbocycles. The van der Waals surface area contributed by atoms with Gasteiger partial charge in [0.15, 0.2) is 0 Å². The Morgan fingerprint density at radius 3 is 2.70 bits per heavy atom. The van der Waals surface area contributed by atoms with Crippen LogP contribution in [0.2, 0.25) is 0 Å². The van der Waals surface area contributed by atoms with Crippen molar-refractivity contribution in [2.45, 2.75) is 25.4 Å². The van der Waals surface area contributed by atoms with E-state index in [4.69, 9.17) is 4.74 Å². The van der Waals surface area contributed by atoms with Crippen LogP contribution in [0.15, 0.2) is 59.4 Å². The number of carbonyl (C=O) groups excluding carboxylic acids is 2. The first kappa shape index (κ1) is 21.0. The fourth-order valence-electron chi connectivity index (χ4n) is 3.22. The van der Waals surface area contributed by atoms with E-state index in [2.05, 4.69) is 15.4 Å². The fourth-order valence-corrected chi connectivity index (χ4v) is 4.31. The molecule has 0 atom stereocenters. The van der Waals surface area contributed by atoms with E-state index >= 15 is 0 Å². The highest BCUT2D eigenvalue weighted by Crippen LogP contribution is 2.41. The molecular weight excluding hydrogens is 447 g/mol. The second kappa shape index (κ2) is 8.55. The monoisotopic (exact) mass is 464 g/mol. The Labute approximate surface area is 190 Å². The summed E-state index contributed by atoms with van der Waals surface area (Å²) < 4.78 is 19.9. The van der Waals surface area contributed by atoms with Crippen LogP contribution in [0, 0.1) is 5.82 Å². The molecule has 0 unspecified atom stereocenters. The smallest absolute Gasteiger partial charge is 0.338 e. The van der Waals surface area contributed by atoms with Crippen molar-refractivity contribution in [3.05, 3.63) is 92.6 Å². The standard InChI is InChI=1S/C23H17FN4O4S/c24-16-5-1-3-14(9-16)20(30)25-17-6-2-4-15(10-17)22(31)32-12-18-11-19(29)28-23(26-18)33-21(27-28)13-7-8-13/h1-6,9-11,13H,7-8,12H2,(H,25,30). The Hall–Kier alpha value is -3.92. The van der Waals surface area contributed by atoms with E-state index < -0.39 is 17.7 Å². The van der Waals surface area contributed by atoms with Crippen molar-refractivity contribution in [2.75, 3.05) is 5.32 Å². The predicted molar refractivity (Wildman–Crippen MR) is 119 cm³/mol. The summed E-state index contributed by atoms with van der Waals surface area (Å²) in [6.45, 7) is -0.179. The SMILES string of the molecule is O=C(Nc1cccc(C(=O)OCc2cc(=O)n3nc(C4CC4)sc3n2)c1)c1cccc(F)c1. The maximum absolute atomic E-state index is 13.3. The van der Waals surface area contributed by atoms with Gasteiger partial charge in [-0.2, -0.15) is 9.61 Å². The number of aromatic nitrogens is 3. The highest BCUT2D eigenvalue weighted by molar-refractivity contribution is 7.16. The molecule has 2 aromatic heterocycles. The predicted octanol–water partition coefficient (Wildman–Crippen LogP) is 3.78. The number of esters is 1. The molecule has 1 fully saturated rings. The van der Waals surface area contributed by atoms with E-state index in [0.717, 1.165) is 23.9 Å². The highest BCUT2D eigenvalue weighted by atomic mass is 32.1. The van der Waals surface area contributed by atoms with Gasteiger partial charge in [-0.25, -0.2) is 14.2 Å². The normalized spacial score (nSPS) is 13.1. The Morgan fingerprint density at radius 2 is 1.91 bits per heavy atom. The molecule has 1 aliphatic carbocycles. The number of rotatable bonds is 6. The second-order valence-electron chi connectivity index (χ2n) is 7.62. The summed E-state index contributed by atoms with van der Waals surface area (Å²) in [6.07, 6.45) is 2.14. The van der Waals surface area contributed by atoms with E-state index in [-0.39, 0.29) is 23.3 Å². The van der Waals surface area contributed by atoms with Crippen LogP contribution in [0.1, 0.15) is 50.2 Å². The summed E-state index contributed by atoms with van der Waals surface area (Å²) >= 11 is 1.37. The third kappa shape index (κ3) is 4.65. The zero-order valence-corrected chi connectivity index (χ0v) is 18.0. The first-order valence-electron chi connectivity index (χ1n) is 10.2. The largest absolute Gasteiger partial charge is 0.456 e. The molecule has 0 saturated heterocycles. The molecule has 2 aromatic carbocycles. The van der Waals surface area contributed by atoms with Gasteiger partial charge in [0.1, 0.15) is 17.4 Å². The van der Waals surface area contributed by atoms with E-state index in [0.29, 0.717) is 22.3 Å². The maximum atomic E-state index is 13.3. The molecule has 1 amide bonds. The van der Waals surface area contributed by atoms with Crippen LogP contribution >= 0.6 is 11.3 Å². The molecular formula is C23H17FN4O4S. The van der Waals surface area contributed by atoms with Gasteiger partial charge in [0, 0.05) is 23.2 Å². The first-order chi connectivity index (χ1) is 16.0. The number of anilines is 1. The van der Waals surface area contributed by atoms with Crippen LogP contribution in [-0.2, 0) is 11.3 Å². The summed E-state index contributed by atoms with van der Waals surface area (Å²) in [5.74, 6) is -1.26. The first-order valence-corrected chi connectivity index (χ1v) is 11.0. The second-order valence-corrected chi connectivity index (χ2v) is 8.60. The molecule has 8 nitrogen and oxygen atoms in total. The number of ether oxygens (including phenoxy) is 1. The van der Waals surface area contributed by atoms with Crippen LogP contribution in [0.3, 0.4) is 0 Å². The van der Waals surface area contributed by atoms with Crippen LogP contribution < -0.4 is 10.9 Å². The van der Waals surface area contributed by atoms with Gasteiger partial charge in [0.2, 0.25) is 4.96 Å². The summed E-state index contributed by atoms with van der Waals surface area (Å²) in [6, 6.07) is 12.8. The number of nitrogens with one attached hydrogen (secondary N) is 1. The van der Waals surface area contributed by atoms with E-state index in [1.165, 1.54) is 52.3 Å². The van der Waals surface area contributed by atoms with Crippen LogP contribution in [-0.4, -0.2) is 26.5 Å². The van der Waals surface area contributed by atoms with Gasteiger partial charge < -0.3 is 10.1 Å². The van der Waals surface area contributed by atoms with Crippen molar-refractivity contribution >= 4 is 33.9 Å². The minimum absolute atomic E-state index is 0.156. The average molecular weight is 464 g/mol. The van der Waals surface area contributed by atoms with Crippen molar-refractivity contribution in [2.24, 2.45) is 0 Å². The molecule has 33 heavy (non-hydrogen) atoms. The molecule has 5 rings (SSSR count). The number of hydrogen-bond donors (Lipinski definition) is 1. The maximum Gasteiger partial charge on any atom is 0.338 e. The van der Waals surface area contributed by atoms with E-state index in [1.807, 2.05) is 0 Å². The van der Waals surface area contributed by atoms with E-state index in [1.54, 1.807) is 12.1 Å². The summed E-state index contributed by atoms with van der Waals surface area (Å²) in [5, 5.41) is 7.83. The van der Waals surface area contributed by atoms with Crippen molar-refractivity contribution in [1.29, 1.82) is 0 Å². The molecule has 1 aliphatic rings. The minimum atomic E-state index is -0.637. The lowest BCUT2D eigenvalue weighted by Gasteiger charge is -2.08. The Kier molecular flexibility index (Phi) is 5.43. The number of carbonyl (C=O) groups is 2. The number of amides is 1. The Morgan fingerprint density at radius 1 is 1.12 bits per heavy atom. The molecule has 166 valence electrons.